The van der Waals surface area contributed by atoms with Crippen LogP contribution in [0.25, 0.3) is 0 Å². The average molecular weight is 287 g/mol. The second-order valence-electron chi connectivity index (χ2n) is 5.47. The summed E-state index contributed by atoms with van der Waals surface area (Å²) in [6, 6.07) is 14.8. The molecule has 2 nitrogen and oxygen atoms in total. The molecule has 21 heavy (non-hydrogen) atoms. The van der Waals surface area contributed by atoms with Crippen molar-refractivity contribution >= 4 is 0 Å². The van der Waals surface area contributed by atoms with Crippen LogP contribution < -0.4 is 10.1 Å². The Morgan fingerprint density at radius 2 is 1.76 bits per heavy atom. The van der Waals surface area contributed by atoms with E-state index in [1.807, 2.05) is 44.2 Å². The Balaban J connectivity index is 1.94. The van der Waals surface area contributed by atoms with Crippen molar-refractivity contribution in [3.63, 3.8) is 0 Å². The molecule has 0 amide bonds. The lowest BCUT2D eigenvalue weighted by atomic mass is 10.1. The number of nitrogens with one attached hydrogen (secondary N) is 1. The van der Waals surface area contributed by atoms with Crippen LogP contribution in [0.4, 0.5) is 4.39 Å². The Morgan fingerprint density at radius 1 is 1.05 bits per heavy atom. The first kappa shape index (κ1) is 15.5. The van der Waals surface area contributed by atoms with Crippen molar-refractivity contribution in [2.75, 3.05) is 0 Å². The molecule has 1 N–H and O–H groups in total. The summed E-state index contributed by atoms with van der Waals surface area (Å²) in [6.07, 6.45) is 0.173. The summed E-state index contributed by atoms with van der Waals surface area (Å²) in [5.41, 5.74) is 2.24. The highest BCUT2D eigenvalue weighted by Crippen LogP contribution is 2.17. The number of ether oxygens (including phenoxy) is 1. The SMILES string of the molecule is CC(C)Oc1cccc(CN[C@@H](C)c2ccc(F)cc2)c1. The van der Waals surface area contributed by atoms with Crippen molar-refractivity contribution in [1.29, 1.82) is 0 Å². The Labute approximate surface area is 126 Å². The lowest BCUT2D eigenvalue weighted by molar-refractivity contribution is 0.242. The van der Waals surface area contributed by atoms with E-state index in [4.69, 9.17) is 4.74 Å². The van der Waals surface area contributed by atoms with Crippen LogP contribution in [0.15, 0.2) is 48.5 Å². The Bertz CT molecular complexity index is 566. The van der Waals surface area contributed by atoms with Gasteiger partial charge in [0.15, 0.2) is 0 Å². The third-order valence-electron chi connectivity index (χ3n) is 3.25. The molecule has 2 aromatic rings. The fourth-order valence-corrected chi connectivity index (χ4v) is 2.14. The van der Waals surface area contributed by atoms with Crippen molar-refractivity contribution in [1.82, 2.24) is 5.32 Å². The predicted molar refractivity (Wildman–Crippen MR) is 83.9 cm³/mol. The van der Waals surface area contributed by atoms with Crippen LogP contribution in [0.3, 0.4) is 0 Å². The van der Waals surface area contributed by atoms with Gasteiger partial charge in [0.1, 0.15) is 11.6 Å². The summed E-state index contributed by atoms with van der Waals surface area (Å²) in [4.78, 5) is 0. The minimum absolute atomic E-state index is 0.167. The molecular weight excluding hydrogens is 265 g/mol. The van der Waals surface area contributed by atoms with Crippen molar-refractivity contribution in [2.24, 2.45) is 0 Å². The fourth-order valence-electron chi connectivity index (χ4n) is 2.14. The zero-order valence-corrected chi connectivity index (χ0v) is 12.8. The van der Waals surface area contributed by atoms with E-state index in [9.17, 15) is 4.39 Å². The van der Waals surface area contributed by atoms with Crippen LogP contribution in [-0.2, 0) is 6.54 Å². The highest BCUT2D eigenvalue weighted by atomic mass is 19.1. The van der Waals surface area contributed by atoms with Crippen molar-refractivity contribution in [2.45, 2.75) is 39.5 Å². The monoisotopic (exact) mass is 287 g/mol. The minimum atomic E-state index is -0.204. The molecule has 0 aromatic heterocycles. The van der Waals surface area contributed by atoms with E-state index in [1.165, 1.54) is 17.7 Å². The van der Waals surface area contributed by atoms with Crippen LogP contribution in [0.1, 0.15) is 37.9 Å². The first-order valence-electron chi connectivity index (χ1n) is 7.29. The van der Waals surface area contributed by atoms with Gasteiger partial charge in [-0.2, -0.15) is 0 Å². The molecule has 2 aromatic carbocycles. The van der Waals surface area contributed by atoms with E-state index in [0.29, 0.717) is 0 Å². The van der Waals surface area contributed by atoms with Crippen molar-refractivity contribution in [3.8, 4) is 5.75 Å². The quantitative estimate of drug-likeness (QED) is 0.846. The molecule has 1 atom stereocenters. The molecule has 0 heterocycles. The van der Waals surface area contributed by atoms with E-state index in [1.54, 1.807) is 0 Å². The van der Waals surface area contributed by atoms with E-state index in [-0.39, 0.29) is 18.0 Å². The Kier molecular flexibility index (Phi) is 5.34. The summed E-state index contributed by atoms with van der Waals surface area (Å²) < 4.78 is 18.6. The molecule has 0 saturated carbocycles. The molecule has 0 bridgehead atoms. The molecule has 0 fully saturated rings. The zero-order valence-electron chi connectivity index (χ0n) is 12.8. The lowest BCUT2D eigenvalue weighted by Gasteiger charge is -2.15. The number of hydrogen-bond donors (Lipinski definition) is 1. The molecular formula is C18H22FNO. The molecule has 2 rings (SSSR count). The largest absolute Gasteiger partial charge is 0.491 e. The van der Waals surface area contributed by atoms with Crippen LogP contribution in [-0.4, -0.2) is 6.10 Å². The summed E-state index contributed by atoms with van der Waals surface area (Å²) >= 11 is 0. The number of benzene rings is 2. The molecule has 0 radical (unpaired) electrons. The van der Waals surface area contributed by atoms with Gasteiger partial charge in [0.05, 0.1) is 6.10 Å². The maximum Gasteiger partial charge on any atom is 0.123 e. The molecule has 0 aliphatic heterocycles. The fraction of sp³-hybridized carbons (Fsp3) is 0.333. The van der Waals surface area contributed by atoms with Crippen LogP contribution in [0, 0.1) is 5.82 Å². The van der Waals surface area contributed by atoms with Gasteiger partial charge in [-0.3, -0.25) is 0 Å². The van der Waals surface area contributed by atoms with Crippen molar-refractivity contribution in [3.05, 3.63) is 65.5 Å². The Hall–Kier alpha value is -1.87. The van der Waals surface area contributed by atoms with Crippen LogP contribution >= 0.6 is 0 Å². The summed E-state index contributed by atoms with van der Waals surface area (Å²) in [7, 11) is 0. The maximum absolute atomic E-state index is 12.9. The molecule has 0 aliphatic rings. The van der Waals surface area contributed by atoms with Gasteiger partial charge in [-0.05, 0) is 56.2 Å². The second-order valence-corrected chi connectivity index (χ2v) is 5.47. The standard InChI is InChI=1S/C18H22FNO/c1-13(2)21-18-6-4-5-15(11-18)12-20-14(3)16-7-9-17(19)10-8-16/h4-11,13-14,20H,12H2,1-3H3/t14-/m0/s1. The zero-order chi connectivity index (χ0) is 15.2. The van der Waals surface area contributed by atoms with Gasteiger partial charge < -0.3 is 10.1 Å². The Morgan fingerprint density at radius 3 is 2.43 bits per heavy atom. The smallest absolute Gasteiger partial charge is 0.123 e. The van der Waals surface area contributed by atoms with Crippen LogP contribution in [0.5, 0.6) is 5.75 Å². The van der Waals surface area contributed by atoms with Crippen LogP contribution in [0.2, 0.25) is 0 Å². The maximum atomic E-state index is 12.9. The van der Waals surface area contributed by atoms with Gasteiger partial charge in [-0.25, -0.2) is 4.39 Å². The topological polar surface area (TPSA) is 21.3 Å². The third kappa shape index (κ3) is 4.87. The van der Waals surface area contributed by atoms with E-state index in [0.717, 1.165) is 17.9 Å². The first-order valence-corrected chi connectivity index (χ1v) is 7.29. The normalized spacial score (nSPS) is 12.4. The highest BCUT2D eigenvalue weighted by Gasteiger charge is 2.06. The highest BCUT2D eigenvalue weighted by molar-refractivity contribution is 5.29. The average Bonchev–Trinajstić information content (AvgIpc) is 2.45. The third-order valence-corrected chi connectivity index (χ3v) is 3.25. The summed E-state index contributed by atoms with van der Waals surface area (Å²) in [6.45, 7) is 6.85. The molecule has 112 valence electrons. The van der Waals surface area contributed by atoms with Gasteiger partial charge in [0, 0.05) is 12.6 Å². The van der Waals surface area contributed by atoms with Gasteiger partial charge >= 0.3 is 0 Å². The van der Waals surface area contributed by atoms with Gasteiger partial charge in [0.2, 0.25) is 0 Å². The number of halogens is 1. The summed E-state index contributed by atoms with van der Waals surface area (Å²) in [5, 5.41) is 3.44. The van der Waals surface area contributed by atoms with Gasteiger partial charge in [-0.15, -0.1) is 0 Å². The number of rotatable bonds is 6. The molecule has 0 saturated heterocycles. The number of hydrogen-bond acceptors (Lipinski definition) is 2. The molecule has 0 spiro atoms. The van der Waals surface area contributed by atoms with E-state index < -0.39 is 0 Å². The van der Waals surface area contributed by atoms with Crippen molar-refractivity contribution < 1.29 is 9.13 Å². The van der Waals surface area contributed by atoms with Gasteiger partial charge in [0.25, 0.3) is 0 Å². The lowest BCUT2D eigenvalue weighted by Crippen LogP contribution is -2.18. The first-order chi connectivity index (χ1) is 10.0. The molecule has 0 unspecified atom stereocenters. The van der Waals surface area contributed by atoms with E-state index in [2.05, 4.69) is 18.3 Å². The molecule has 3 heteroatoms. The molecule has 0 aliphatic carbocycles. The minimum Gasteiger partial charge on any atom is -0.491 e. The van der Waals surface area contributed by atoms with E-state index >= 15 is 0 Å². The second kappa shape index (κ2) is 7.23. The summed E-state index contributed by atoms with van der Waals surface area (Å²) in [5.74, 6) is 0.684. The predicted octanol–water partition coefficient (Wildman–Crippen LogP) is 4.46. The van der Waals surface area contributed by atoms with Gasteiger partial charge in [-0.1, -0.05) is 24.3 Å².